The Bertz CT molecular complexity index is 637. The monoisotopic (exact) mass is 396 g/mol. The van der Waals surface area contributed by atoms with E-state index in [1.165, 1.54) is 44.9 Å². The maximum Gasteiger partial charge on any atom is 0.314 e. The molecular formula is C23H31F3O2. The first-order valence-corrected chi connectivity index (χ1v) is 10.8. The van der Waals surface area contributed by atoms with Crippen LogP contribution in [0.15, 0.2) is 12.1 Å². The normalized spacial score (nSPS) is 28.1. The average Bonchev–Trinajstić information content (AvgIpc) is 2.71. The molecule has 1 aromatic carbocycles. The third-order valence-electron chi connectivity index (χ3n) is 6.80. The first-order chi connectivity index (χ1) is 13.5. The average molecular weight is 396 g/mol. The topological polar surface area (TPSA) is 26.3 Å². The summed E-state index contributed by atoms with van der Waals surface area (Å²) in [6, 6.07) is 1.44. The molecule has 2 saturated carbocycles. The summed E-state index contributed by atoms with van der Waals surface area (Å²) in [7, 11) is 0. The van der Waals surface area contributed by atoms with E-state index in [9.17, 15) is 18.0 Å². The Morgan fingerprint density at radius 3 is 2.00 bits per heavy atom. The van der Waals surface area contributed by atoms with E-state index in [2.05, 4.69) is 6.92 Å². The molecule has 0 spiro atoms. The maximum absolute atomic E-state index is 13.3. The lowest BCUT2D eigenvalue weighted by Crippen LogP contribution is -2.30. The van der Waals surface area contributed by atoms with Crippen molar-refractivity contribution in [3.63, 3.8) is 0 Å². The molecule has 1 aromatic rings. The van der Waals surface area contributed by atoms with Crippen LogP contribution >= 0.6 is 0 Å². The predicted molar refractivity (Wildman–Crippen MR) is 102 cm³/mol. The highest BCUT2D eigenvalue weighted by molar-refractivity contribution is 5.75. The fourth-order valence-electron chi connectivity index (χ4n) is 5.06. The van der Waals surface area contributed by atoms with E-state index in [4.69, 9.17) is 4.74 Å². The van der Waals surface area contributed by atoms with Gasteiger partial charge in [-0.1, -0.05) is 39.0 Å². The fraction of sp³-hybridized carbons (Fsp3) is 0.696. The van der Waals surface area contributed by atoms with Crippen LogP contribution in [0.25, 0.3) is 0 Å². The van der Waals surface area contributed by atoms with Gasteiger partial charge in [0, 0.05) is 12.1 Å². The molecular weight excluding hydrogens is 365 g/mol. The molecule has 156 valence electrons. The molecule has 0 saturated heterocycles. The maximum atomic E-state index is 13.3. The van der Waals surface area contributed by atoms with Crippen molar-refractivity contribution in [1.29, 1.82) is 0 Å². The molecule has 0 atom stereocenters. The number of carbonyl (C=O) groups excluding carboxylic acids is 1. The van der Waals surface area contributed by atoms with Gasteiger partial charge in [0.1, 0.15) is 5.75 Å². The molecule has 2 aliphatic rings. The van der Waals surface area contributed by atoms with E-state index in [-0.39, 0.29) is 11.7 Å². The van der Waals surface area contributed by atoms with Crippen LogP contribution in [0.5, 0.6) is 5.75 Å². The zero-order valence-corrected chi connectivity index (χ0v) is 16.7. The largest absolute Gasteiger partial charge is 0.426 e. The minimum Gasteiger partial charge on any atom is -0.426 e. The van der Waals surface area contributed by atoms with Gasteiger partial charge in [-0.05, 0) is 56.3 Å². The second-order valence-electron chi connectivity index (χ2n) is 8.66. The Labute approximate surface area is 165 Å². The molecule has 2 aliphatic carbocycles. The molecule has 0 unspecified atom stereocenters. The summed E-state index contributed by atoms with van der Waals surface area (Å²) in [5.41, 5.74) is 0. The molecule has 0 bridgehead atoms. The van der Waals surface area contributed by atoms with Crippen molar-refractivity contribution in [2.75, 3.05) is 0 Å². The predicted octanol–water partition coefficient (Wildman–Crippen LogP) is 6.81. The summed E-state index contributed by atoms with van der Waals surface area (Å²) in [4.78, 5) is 12.3. The fourth-order valence-corrected chi connectivity index (χ4v) is 5.06. The highest BCUT2D eigenvalue weighted by Gasteiger charge is 2.33. The van der Waals surface area contributed by atoms with Crippen molar-refractivity contribution in [3.05, 3.63) is 29.6 Å². The summed E-state index contributed by atoms with van der Waals surface area (Å²) in [6.07, 6.45) is 12.8. The minimum atomic E-state index is -1.55. The van der Waals surface area contributed by atoms with Gasteiger partial charge in [0.2, 0.25) is 0 Å². The van der Waals surface area contributed by atoms with Gasteiger partial charge in [-0.15, -0.1) is 0 Å². The van der Waals surface area contributed by atoms with E-state index in [0.29, 0.717) is 5.92 Å². The number of unbranched alkanes of at least 4 members (excludes halogenated alkanes) is 1. The number of hydrogen-bond donors (Lipinski definition) is 0. The Balaban J connectivity index is 1.44. The second-order valence-corrected chi connectivity index (χ2v) is 8.66. The van der Waals surface area contributed by atoms with Crippen LogP contribution in [0.3, 0.4) is 0 Å². The van der Waals surface area contributed by atoms with E-state index in [1.807, 2.05) is 0 Å². The SMILES string of the molecule is CCCC[C@H]1CC[C@H]([C@H]2CC[C@H](C(=O)Oc3cc(F)c(F)c(F)c3)CC2)CC1. The minimum absolute atomic E-state index is 0.242. The second kappa shape index (κ2) is 9.80. The summed E-state index contributed by atoms with van der Waals surface area (Å²) in [5, 5.41) is 0. The van der Waals surface area contributed by atoms with Crippen molar-refractivity contribution in [3.8, 4) is 5.75 Å². The smallest absolute Gasteiger partial charge is 0.314 e. The number of carbonyl (C=O) groups is 1. The molecule has 0 radical (unpaired) electrons. The van der Waals surface area contributed by atoms with Crippen molar-refractivity contribution in [1.82, 2.24) is 0 Å². The van der Waals surface area contributed by atoms with Crippen molar-refractivity contribution >= 4 is 5.97 Å². The number of esters is 1. The first kappa shape index (κ1) is 21.2. The summed E-state index contributed by atoms with van der Waals surface area (Å²) in [6.45, 7) is 2.25. The molecule has 2 nitrogen and oxygen atoms in total. The van der Waals surface area contributed by atoms with E-state index >= 15 is 0 Å². The van der Waals surface area contributed by atoms with Gasteiger partial charge < -0.3 is 4.74 Å². The molecule has 0 heterocycles. The van der Waals surface area contributed by atoms with E-state index < -0.39 is 23.4 Å². The van der Waals surface area contributed by atoms with E-state index in [0.717, 1.165) is 49.7 Å². The number of benzene rings is 1. The quantitative estimate of drug-likeness (QED) is 0.300. The summed E-state index contributed by atoms with van der Waals surface area (Å²) in [5.74, 6) is -2.87. The van der Waals surface area contributed by atoms with E-state index in [1.54, 1.807) is 0 Å². The number of hydrogen-bond acceptors (Lipinski definition) is 2. The van der Waals surface area contributed by atoms with Gasteiger partial charge in [0.15, 0.2) is 17.5 Å². The lowest BCUT2D eigenvalue weighted by atomic mass is 9.68. The van der Waals surface area contributed by atoms with Crippen LogP contribution < -0.4 is 4.74 Å². The molecule has 0 amide bonds. The third-order valence-corrected chi connectivity index (χ3v) is 6.80. The molecule has 5 heteroatoms. The molecule has 2 fully saturated rings. The summed E-state index contributed by atoms with van der Waals surface area (Å²) >= 11 is 0. The van der Waals surface area contributed by atoms with Gasteiger partial charge in [0.05, 0.1) is 5.92 Å². The van der Waals surface area contributed by atoms with Crippen molar-refractivity contribution in [2.24, 2.45) is 23.7 Å². The first-order valence-electron chi connectivity index (χ1n) is 10.8. The lowest BCUT2D eigenvalue weighted by Gasteiger charge is -2.37. The summed E-state index contributed by atoms with van der Waals surface area (Å²) < 4.78 is 44.7. The highest BCUT2D eigenvalue weighted by Crippen LogP contribution is 2.42. The molecule has 0 aromatic heterocycles. The van der Waals surface area contributed by atoms with Gasteiger partial charge in [-0.3, -0.25) is 4.79 Å². The molecule has 0 aliphatic heterocycles. The van der Waals surface area contributed by atoms with Crippen LogP contribution in [0, 0.1) is 41.1 Å². The van der Waals surface area contributed by atoms with Crippen LogP contribution in [0.1, 0.15) is 77.6 Å². The van der Waals surface area contributed by atoms with Crippen LogP contribution in [0.2, 0.25) is 0 Å². The Morgan fingerprint density at radius 2 is 1.46 bits per heavy atom. The number of ether oxygens (including phenoxy) is 1. The zero-order chi connectivity index (χ0) is 20.1. The van der Waals surface area contributed by atoms with Crippen LogP contribution in [0.4, 0.5) is 13.2 Å². The van der Waals surface area contributed by atoms with Gasteiger partial charge in [-0.25, -0.2) is 13.2 Å². The Hall–Kier alpha value is -1.52. The van der Waals surface area contributed by atoms with Gasteiger partial charge in [-0.2, -0.15) is 0 Å². The molecule has 28 heavy (non-hydrogen) atoms. The lowest BCUT2D eigenvalue weighted by molar-refractivity contribution is -0.140. The standard InChI is InChI=1S/C23H31F3O2/c1-2-3-4-15-5-7-16(8-6-15)17-9-11-18(12-10-17)23(27)28-19-13-20(24)22(26)21(25)14-19/h13-18H,2-12H2,1H3/t15-,16-,17-,18-. The van der Waals surface area contributed by atoms with Gasteiger partial charge in [0.25, 0.3) is 0 Å². The Kier molecular flexibility index (Phi) is 7.42. The molecule has 0 N–H and O–H groups in total. The van der Waals surface area contributed by atoms with Crippen LogP contribution in [-0.2, 0) is 4.79 Å². The Morgan fingerprint density at radius 1 is 0.929 bits per heavy atom. The van der Waals surface area contributed by atoms with Crippen LogP contribution in [-0.4, -0.2) is 5.97 Å². The number of halogens is 3. The zero-order valence-electron chi connectivity index (χ0n) is 16.7. The third kappa shape index (κ3) is 5.30. The van der Waals surface area contributed by atoms with Crippen molar-refractivity contribution in [2.45, 2.75) is 77.6 Å². The molecule has 3 rings (SSSR count). The van der Waals surface area contributed by atoms with Crippen molar-refractivity contribution < 1.29 is 22.7 Å². The highest BCUT2D eigenvalue weighted by atomic mass is 19.2. The van der Waals surface area contributed by atoms with Gasteiger partial charge >= 0.3 is 5.97 Å². The number of rotatable bonds is 6.